The number of nitrogens with one attached hydrogen (secondary N) is 1. The van der Waals surface area contributed by atoms with Crippen molar-refractivity contribution in [2.45, 2.75) is 18.9 Å². The molecule has 90 valence electrons. The molecule has 7 nitrogen and oxygen atoms in total. The number of carbonyl (C=O) groups is 3. The van der Waals surface area contributed by atoms with E-state index in [-0.39, 0.29) is 32.0 Å². The Morgan fingerprint density at radius 2 is 2.25 bits per heavy atom. The van der Waals surface area contributed by atoms with Gasteiger partial charge in [-0.3, -0.25) is 9.59 Å². The summed E-state index contributed by atoms with van der Waals surface area (Å²) < 4.78 is 13.9. The van der Waals surface area contributed by atoms with Crippen molar-refractivity contribution < 1.29 is 28.6 Å². The Hall–Kier alpha value is -1.79. The van der Waals surface area contributed by atoms with Crippen molar-refractivity contribution in [3.05, 3.63) is 0 Å². The Labute approximate surface area is 92.0 Å². The first-order chi connectivity index (χ1) is 7.61. The molecule has 0 bridgehead atoms. The highest BCUT2D eigenvalue weighted by Crippen LogP contribution is 2.06. The summed E-state index contributed by atoms with van der Waals surface area (Å²) in [5.74, 6) is -0.737. The lowest BCUT2D eigenvalue weighted by atomic mass is 10.3. The lowest BCUT2D eigenvalue weighted by molar-refractivity contribution is -0.147. The van der Waals surface area contributed by atoms with Gasteiger partial charge in [-0.25, -0.2) is 4.79 Å². The minimum atomic E-state index is -0.758. The molecule has 1 N–H and O–H groups in total. The van der Waals surface area contributed by atoms with Crippen LogP contribution in [0, 0.1) is 0 Å². The Kier molecular flexibility index (Phi) is 4.56. The highest BCUT2D eigenvalue weighted by atomic mass is 16.8. The molecule has 1 aliphatic heterocycles. The first-order valence-corrected chi connectivity index (χ1v) is 4.81. The predicted octanol–water partition coefficient (Wildman–Crippen LogP) is -0.409. The standard InChI is InChI=1S/C9H13NO6/c1-10-7(11)2-3-8(12)14-4-6-5-15-9(13)16-6/h6H,2-5H2,1H3,(H,10,11). The highest BCUT2D eigenvalue weighted by Gasteiger charge is 2.26. The van der Waals surface area contributed by atoms with Crippen molar-refractivity contribution >= 4 is 18.0 Å². The second-order valence-corrected chi connectivity index (χ2v) is 3.16. The number of hydrogen-bond acceptors (Lipinski definition) is 6. The largest absolute Gasteiger partial charge is 0.508 e. The van der Waals surface area contributed by atoms with E-state index in [4.69, 9.17) is 4.74 Å². The minimum Gasteiger partial charge on any atom is -0.462 e. The first kappa shape index (κ1) is 12.3. The number of ether oxygens (including phenoxy) is 3. The molecule has 0 aromatic carbocycles. The molecule has 0 aromatic heterocycles. The van der Waals surface area contributed by atoms with E-state index in [1.807, 2.05) is 0 Å². The van der Waals surface area contributed by atoms with E-state index in [1.165, 1.54) is 7.05 Å². The van der Waals surface area contributed by atoms with Crippen LogP contribution < -0.4 is 5.32 Å². The summed E-state index contributed by atoms with van der Waals surface area (Å²) >= 11 is 0. The zero-order chi connectivity index (χ0) is 12.0. The average molecular weight is 231 g/mol. The number of cyclic esters (lactones) is 2. The number of amides is 1. The van der Waals surface area contributed by atoms with Gasteiger partial charge in [0.2, 0.25) is 5.91 Å². The van der Waals surface area contributed by atoms with Gasteiger partial charge in [-0.15, -0.1) is 0 Å². The average Bonchev–Trinajstić information content (AvgIpc) is 2.69. The van der Waals surface area contributed by atoms with Gasteiger partial charge in [0, 0.05) is 13.5 Å². The summed E-state index contributed by atoms with van der Waals surface area (Å²) in [5.41, 5.74) is 0. The zero-order valence-electron chi connectivity index (χ0n) is 8.86. The molecule has 0 radical (unpaired) electrons. The summed E-state index contributed by atoms with van der Waals surface area (Å²) in [6.07, 6.45) is -1.22. The predicted molar refractivity (Wildman–Crippen MR) is 50.5 cm³/mol. The Balaban J connectivity index is 2.10. The van der Waals surface area contributed by atoms with E-state index in [0.717, 1.165) is 0 Å². The first-order valence-electron chi connectivity index (χ1n) is 4.81. The molecule has 7 heteroatoms. The second-order valence-electron chi connectivity index (χ2n) is 3.16. The fourth-order valence-electron chi connectivity index (χ4n) is 1.05. The number of hydrogen-bond donors (Lipinski definition) is 1. The van der Waals surface area contributed by atoms with Gasteiger partial charge >= 0.3 is 12.1 Å². The van der Waals surface area contributed by atoms with Crippen LogP contribution in [0.2, 0.25) is 0 Å². The van der Waals surface area contributed by atoms with Crippen LogP contribution in [-0.4, -0.2) is 44.4 Å². The molecule has 1 fully saturated rings. The molecule has 1 unspecified atom stereocenters. The monoisotopic (exact) mass is 231 g/mol. The van der Waals surface area contributed by atoms with E-state index in [9.17, 15) is 14.4 Å². The van der Waals surface area contributed by atoms with Crippen molar-refractivity contribution in [2.24, 2.45) is 0 Å². The Morgan fingerprint density at radius 3 is 2.81 bits per heavy atom. The van der Waals surface area contributed by atoms with Crippen molar-refractivity contribution in [1.29, 1.82) is 0 Å². The molecule has 0 spiro atoms. The van der Waals surface area contributed by atoms with Gasteiger partial charge < -0.3 is 19.5 Å². The maximum Gasteiger partial charge on any atom is 0.508 e. The van der Waals surface area contributed by atoms with Crippen LogP contribution in [0.1, 0.15) is 12.8 Å². The number of esters is 1. The van der Waals surface area contributed by atoms with E-state index >= 15 is 0 Å². The molecule has 0 aromatic rings. The Bertz CT molecular complexity index is 290. The lowest BCUT2D eigenvalue weighted by Gasteiger charge is -2.07. The fraction of sp³-hybridized carbons (Fsp3) is 0.667. The normalized spacial score (nSPS) is 18.6. The van der Waals surface area contributed by atoms with Crippen LogP contribution in [0.15, 0.2) is 0 Å². The SMILES string of the molecule is CNC(=O)CCC(=O)OCC1COC(=O)O1. The topological polar surface area (TPSA) is 90.9 Å². The molecule has 1 atom stereocenters. The molecule has 16 heavy (non-hydrogen) atoms. The van der Waals surface area contributed by atoms with E-state index in [1.54, 1.807) is 0 Å². The van der Waals surface area contributed by atoms with Gasteiger partial charge in [0.1, 0.15) is 13.2 Å². The third-order valence-electron chi connectivity index (χ3n) is 1.92. The van der Waals surface area contributed by atoms with E-state index < -0.39 is 18.2 Å². The third kappa shape index (κ3) is 4.16. The smallest absolute Gasteiger partial charge is 0.462 e. The van der Waals surface area contributed by atoms with Gasteiger partial charge in [0.15, 0.2) is 6.10 Å². The van der Waals surface area contributed by atoms with Crippen LogP contribution in [-0.2, 0) is 23.8 Å². The molecule has 1 saturated heterocycles. The summed E-state index contributed by atoms with van der Waals surface area (Å²) in [6.45, 7) is 0.0415. The fourth-order valence-corrected chi connectivity index (χ4v) is 1.05. The van der Waals surface area contributed by atoms with Gasteiger partial charge in [-0.05, 0) is 0 Å². The Morgan fingerprint density at radius 1 is 1.50 bits per heavy atom. The quantitative estimate of drug-likeness (QED) is 0.647. The zero-order valence-corrected chi connectivity index (χ0v) is 8.86. The molecule has 0 saturated carbocycles. The van der Waals surface area contributed by atoms with E-state index in [2.05, 4.69) is 14.8 Å². The molecule has 1 amide bonds. The van der Waals surface area contributed by atoms with Gasteiger partial charge in [0.05, 0.1) is 6.42 Å². The van der Waals surface area contributed by atoms with Crippen LogP contribution in [0.3, 0.4) is 0 Å². The van der Waals surface area contributed by atoms with Crippen molar-refractivity contribution in [1.82, 2.24) is 5.32 Å². The lowest BCUT2D eigenvalue weighted by Crippen LogP contribution is -2.23. The van der Waals surface area contributed by atoms with Gasteiger partial charge in [-0.2, -0.15) is 0 Å². The maximum absolute atomic E-state index is 11.1. The number of rotatable bonds is 5. The summed E-state index contributed by atoms with van der Waals surface area (Å²) in [4.78, 5) is 32.4. The molecule has 1 heterocycles. The maximum atomic E-state index is 11.1. The second kappa shape index (κ2) is 5.94. The molecule has 0 aliphatic carbocycles. The molecular weight excluding hydrogens is 218 g/mol. The van der Waals surface area contributed by atoms with Crippen molar-refractivity contribution in [2.75, 3.05) is 20.3 Å². The third-order valence-corrected chi connectivity index (χ3v) is 1.92. The van der Waals surface area contributed by atoms with Crippen LogP contribution in [0.4, 0.5) is 4.79 Å². The summed E-state index contributed by atoms with van der Waals surface area (Å²) in [6, 6.07) is 0. The van der Waals surface area contributed by atoms with Crippen LogP contribution in [0.5, 0.6) is 0 Å². The summed E-state index contributed by atoms with van der Waals surface area (Å²) in [5, 5.41) is 2.39. The number of carbonyl (C=O) groups excluding carboxylic acids is 3. The van der Waals surface area contributed by atoms with Crippen LogP contribution >= 0.6 is 0 Å². The minimum absolute atomic E-state index is 0.00119. The molecular formula is C9H13NO6. The molecule has 1 rings (SSSR count). The van der Waals surface area contributed by atoms with E-state index in [0.29, 0.717) is 0 Å². The van der Waals surface area contributed by atoms with Crippen molar-refractivity contribution in [3.63, 3.8) is 0 Å². The van der Waals surface area contributed by atoms with Gasteiger partial charge in [0.25, 0.3) is 0 Å². The van der Waals surface area contributed by atoms with Crippen molar-refractivity contribution in [3.8, 4) is 0 Å². The molecule has 1 aliphatic rings. The van der Waals surface area contributed by atoms with Gasteiger partial charge in [-0.1, -0.05) is 0 Å². The van der Waals surface area contributed by atoms with Crippen LogP contribution in [0.25, 0.3) is 0 Å². The highest BCUT2D eigenvalue weighted by molar-refractivity contribution is 5.81. The summed E-state index contributed by atoms with van der Waals surface area (Å²) in [7, 11) is 1.49.